The minimum absolute atomic E-state index is 0.173. The highest BCUT2D eigenvalue weighted by molar-refractivity contribution is 7.80. The van der Waals surface area contributed by atoms with Crippen LogP contribution in [0.2, 0.25) is 0 Å². The molecule has 0 radical (unpaired) electrons. The van der Waals surface area contributed by atoms with Crippen LogP contribution in [0.3, 0.4) is 0 Å². The minimum Gasteiger partial charge on any atom is -0.392 e. The maximum atomic E-state index is 11.8. The van der Waals surface area contributed by atoms with Gasteiger partial charge in [0.2, 0.25) is 5.91 Å². The number of hydrogen-bond donors (Lipinski definition) is 1. The highest BCUT2D eigenvalue weighted by Crippen LogP contribution is 2.06. The molecule has 0 bridgehead atoms. The second kappa shape index (κ2) is 9.58. The lowest BCUT2D eigenvalue weighted by Gasteiger charge is -2.19. The third-order valence-electron chi connectivity index (χ3n) is 2.58. The Morgan fingerprint density at radius 1 is 1.19 bits per heavy atom. The molecule has 0 aliphatic rings. The molecule has 1 amide bonds. The topological polar surface area (TPSA) is 46.3 Å². The Balaban J connectivity index is 3.71. The first-order chi connectivity index (χ1) is 7.61. The highest BCUT2D eigenvalue weighted by atomic mass is 32.1. The summed E-state index contributed by atoms with van der Waals surface area (Å²) in [5.74, 6) is 0.173. The van der Waals surface area contributed by atoms with Crippen LogP contribution in [-0.2, 0) is 4.79 Å². The molecule has 0 spiro atoms. The molecule has 0 heterocycles. The van der Waals surface area contributed by atoms with Crippen LogP contribution in [0.5, 0.6) is 0 Å². The molecule has 16 heavy (non-hydrogen) atoms. The Morgan fingerprint density at radius 3 is 2.31 bits per heavy atom. The van der Waals surface area contributed by atoms with Gasteiger partial charge in [0.1, 0.15) is 0 Å². The monoisotopic (exact) mass is 244 g/mol. The quantitative estimate of drug-likeness (QED) is 0.500. The summed E-state index contributed by atoms with van der Waals surface area (Å²) < 4.78 is 0. The van der Waals surface area contributed by atoms with E-state index in [1.807, 2.05) is 6.92 Å². The van der Waals surface area contributed by atoms with E-state index in [1.165, 1.54) is 19.3 Å². The number of amides is 1. The van der Waals surface area contributed by atoms with Crippen molar-refractivity contribution in [1.82, 2.24) is 4.90 Å². The SMILES string of the molecule is CCCCCCCC(=O)N(CC)CC(N)=S. The van der Waals surface area contributed by atoms with Crippen LogP contribution in [0.1, 0.15) is 52.4 Å². The summed E-state index contributed by atoms with van der Waals surface area (Å²) in [6.07, 6.45) is 6.47. The molecule has 0 atom stereocenters. The van der Waals surface area contributed by atoms with Gasteiger partial charge in [-0.15, -0.1) is 0 Å². The number of hydrogen-bond acceptors (Lipinski definition) is 2. The summed E-state index contributed by atoms with van der Waals surface area (Å²) in [5, 5.41) is 0. The second-order valence-electron chi connectivity index (χ2n) is 4.04. The Morgan fingerprint density at radius 2 is 1.81 bits per heavy atom. The van der Waals surface area contributed by atoms with Gasteiger partial charge in [0.15, 0.2) is 0 Å². The number of unbranched alkanes of at least 4 members (excludes halogenated alkanes) is 4. The van der Waals surface area contributed by atoms with E-state index >= 15 is 0 Å². The zero-order valence-electron chi connectivity index (χ0n) is 10.5. The van der Waals surface area contributed by atoms with E-state index in [2.05, 4.69) is 6.92 Å². The second-order valence-corrected chi connectivity index (χ2v) is 4.56. The van der Waals surface area contributed by atoms with Crippen LogP contribution in [-0.4, -0.2) is 28.9 Å². The van der Waals surface area contributed by atoms with Crippen LogP contribution in [0.25, 0.3) is 0 Å². The molecule has 0 rings (SSSR count). The Hall–Kier alpha value is -0.640. The first kappa shape index (κ1) is 15.4. The third kappa shape index (κ3) is 7.63. The summed E-state index contributed by atoms with van der Waals surface area (Å²) in [7, 11) is 0. The van der Waals surface area contributed by atoms with Gasteiger partial charge in [-0.2, -0.15) is 0 Å². The van der Waals surface area contributed by atoms with Gasteiger partial charge >= 0.3 is 0 Å². The third-order valence-corrected chi connectivity index (χ3v) is 2.70. The van der Waals surface area contributed by atoms with E-state index in [1.54, 1.807) is 4.90 Å². The molecule has 4 heteroatoms. The lowest BCUT2D eigenvalue weighted by molar-refractivity contribution is -0.130. The number of carbonyl (C=O) groups excluding carboxylic acids is 1. The van der Waals surface area contributed by atoms with Gasteiger partial charge in [0.25, 0.3) is 0 Å². The number of nitrogens with zero attached hydrogens (tertiary/aromatic N) is 1. The Kier molecular flexibility index (Phi) is 9.19. The number of nitrogens with two attached hydrogens (primary N) is 1. The van der Waals surface area contributed by atoms with Crippen molar-refractivity contribution in [2.24, 2.45) is 5.73 Å². The molecule has 0 saturated carbocycles. The van der Waals surface area contributed by atoms with Crippen LogP contribution in [0.15, 0.2) is 0 Å². The molecule has 0 unspecified atom stereocenters. The lowest BCUT2D eigenvalue weighted by atomic mass is 10.1. The van der Waals surface area contributed by atoms with Gasteiger partial charge in [-0.1, -0.05) is 44.8 Å². The minimum atomic E-state index is 0.173. The molecular weight excluding hydrogens is 220 g/mol. The van der Waals surface area contributed by atoms with E-state index in [0.29, 0.717) is 24.5 Å². The van der Waals surface area contributed by atoms with E-state index in [0.717, 1.165) is 12.8 Å². The molecule has 0 fully saturated rings. The van der Waals surface area contributed by atoms with Crippen molar-refractivity contribution in [3.05, 3.63) is 0 Å². The van der Waals surface area contributed by atoms with Gasteiger partial charge in [0, 0.05) is 13.0 Å². The zero-order valence-corrected chi connectivity index (χ0v) is 11.3. The van der Waals surface area contributed by atoms with Crippen LogP contribution >= 0.6 is 12.2 Å². The van der Waals surface area contributed by atoms with Gasteiger partial charge < -0.3 is 10.6 Å². The van der Waals surface area contributed by atoms with Crippen LogP contribution in [0.4, 0.5) is 0 Å². The van der Waals surface area contributed by atoms with Crippen molar-refractivity contribution >= 4 is 23.1 Å². The summed E-state index contributed by atoms with van der Waals surface area (Å²) in [6.45, 7) is 5.24. The lowest BCUT2D eigenvalue weighted by Crippen LogP contribution is -2.37. The average molecular weight is 244 g/mol. The number of carbonyl (C=O) groups is 1. The summed E-state index contributed by atoms with van der Waals surface area (Å²) in [4.78, 5) is 13.9. The molecule has 3 nitrogen and oxygen atoms in total. The van der Waals surface area contributed by atoms with Gasteiger partial charge in [-0.3, -0.25) is 4.79 Å². The first-order valence-corrected chi connectivity index (χ1v) is 6.58. The molecule has 2 N–H and O–H groups in total. The predicted molar refractivity (Wildman–Crippen MR) is 72.4 cm³/mol. The first-order valence-electron chi connectivity index (χ1n) is 6.17. The molecular formula is C12H24N2OS. The van der Waals surface area contributed by atoms with Crippen molar-refractivity contribution < 1.29 is 4.79 Å². The van der Waals surface area contributed by atoms with Gasteiger partial charge in [-0.05, 0) is 13.3 Å². The van der Waals surface area contributed by atoms with Gasteiger partial charge in [-0.25, -0.2) is 0 Å². The maximum Gasteiger partial charge on any atom is 0.222 e. The molecule has 0 aliphatic heterocycles. The molecule has 0 aliphatic carbocycles. The highest BCUT2D eigenvalue weighted by Gasteiger charge is 2.11. The Bertz CT molecular complexity index is 219. The zero-order chi connectivity index (χ0) is 12.4. The fourth-order valence-corrected chi connectivity index (χ4v) is 1.76. The number of likely N-dealkylation sites (N-methyl/N-ethyl adjacent to an activating group) is 1. The molecule has 0 saturated heterocycles. The summed E-state index contributed by atoms with van der Waals surface area (Å²) >= 11 is 4.81. The normalized spacial score (nSPS) is 10.1. The standard InChI is InChI=1S/C12H24N2OS/c1-3-5-6-7-8-9-12(15)14(4-2)10-11(13)16/h3-10H2,1-2H3,(H2,13,16). The summed E-state index contributed by atoms with van der Waals surface area (Å²) in [6, 6.07) is 0. The van der Waals surface area contributed by atoms with Gasteiger partial charge in [0.05, 0.1) is 11.5 Å². The predicted octanol–water partition coefficient (Wildman–Crippen LogP) is 2.48. The maximum absolute atomic E-state index is 11.8. The van der Waals surface area contributed by atoms with Crippen LogP contribution in [0, 0.1) is 0 Å². The fourth-order valence-electron chi connectivity index (χ4n) is 1.60. The van der Waals surface area contributed by atoms with Crippen molar-refractivity contribution in [2.75, 3.05) is 13.1 Å². The Labute approximate surface area is 104 Å². The smallest absolute Gasteiger partial charge is 0.222 e. The summed E-state index contributed by atoms with van der Waals surface area (Å²) in [5.41, 5.74) is 5.44. The average Bonchev–Trinajstić information content (AvgIpc) is 2.25. The number of thiocarbonyl (C=S) groups is 1. The molecule has 94 valence electrons. The van der Waals surface area contributed by atoms with E-state index in [4.69, 9.17) is 18.0 Å². The van der Waals surface area contributed by atoms with Crippen molar-refractivity contribution in [1.29, 1.82) is 0 Å². The van der Waals surface area contributed by atoms with Crippen LogP contribution < -0.4 is 5.73 Å². The molecule has 0 aromatic carbocycles. The van der Waals surface area contributed by atoms with E-state index in [-0.39, 0.29) is 5.91 Å². The molecule has 0 aromatic rings. The van der Waals surface area contributed by atoms with Crippen molar-refractivity contribution in [3.8, 4) is 0 Å². The van der Waals surface area contributed by atoms with Crippen molar-refractivity contribution in [2.45, 2.75) is 52.4 Å². The number of rotatable bonds is 9. The largest absolute Gasteiger partial charge is 0.392 e. The fraction of sp³-hybridized carbons (Fsp3) is 0.833. The van der Waals surface area contributed by atoms with E-state index < -0.39 is 0 Å². The van der Waals surface area contributed by atoms with E-state index in [9.17, 15) is 4.79 Å². The molecule has 0 aromatic heterocycles. The van der Waals surface area contributed by atoms with Crippen molar-refractivity contribution in [3.63, 3.8) is 0 Å².